The molecule has 0 saturated heterocycles. The predicted molar refractivity (Wildman–Crippen MR) is 147 cm³/mol. The summed E-state index contributed by atoms with van der Waals surface area (Å²) in [7, 11) is 0. The number of benzene rings is 5. The van der Waals surface area contributed by atoms with Gasteiger partial charge < -0.3 is 4.57 Å². The van der Waals surface area contributed by atoms with E-state index < -0.39 is 0 Å². The van der Waals surface area contributed by atoms with Crippen LogP contribution in [0.4, 0.5) is 0 Å². The lowest BCUT2D eigenvalue weighted by molar-refractivity contribution is 1.13. The fraction of sp³-hybridized carbons (Fsp3) is 0. The number of rotatable bonds is 2. The first-order chi connectivity index (χ1) is 17.8. The van der Waals surface area contributed by atoms with E-state index in [1.165, 1.54) is 5.39 Å². The van der Waals surface area contributed by atoms with E-state index in [2.05, 4.69) is 77.4 Å². The Bertz CT molecular complexity index is 2170. The number of para-hydroxylation sites is 3. The van der Waals surface area contributed by atoms with Crippen LogP contribution in [0.5, 0.6) is 0 Å². The monoisotopic (exact) mass is 461 g/mol. The Balaban J connectivity index is 1.49. The highest BCUT2D eigenvalue weighted by molar-refractivity contribution is 6.12. The molecular formula is C32H19N3O. The molecule has 168 valence electrons. The first-order valence-electron chi connectivity index (χ1n) is 12.0. The van der Waals surface area contributed by atoms with Gasteiger partial charge in [0.1, 0.15) is 5.82 Å². The van der Waals surface area contributed by atoms with Gasteiger partial charge in [-0.25, -0.2) is 4.98 Å². The third-order valence-corrected chi connectivity index (χ3v) is 7.27. The Morgan fingerprint density at radius 2 is 1.25 bits per heavy atom. The maximum atomic E-state index is 13.7. The van der Waals surface area contributed by atoms with E-state index in [0.717, 1.165) is 49.5 Å². The summed E-state index contributed by atoms with van der Waals surface area (Å²) in [4.78, 5) is 18.7. The molecule has 3 aromatic heterocycles. The molecule has 0 saturated carbocycles. The van der Waals surface area contributed by atoms with Crippen LogP contribution in [0.3, 0.4) is 0 Å². The van der Waals surface area contributed by atoms with Crippen molar-refractivity contribution in [1.29, 1.82) is 0 Å². The van der Waals surface area contributed by atoms with Crippen molar-refractivity contribution in [2.45, 2.75) is 0 Å². The summed E-state index contributed by atoms with van der Waals surface area (Å²) in [5.74, 6) is 0.676. The van der Waals surface area contributed by atoms with Crippen molar-refractivity contribution >= 4 is 49.0 Å². The summed E-state index contributed by atoms with van der Waals surface area (Å²) in [6, 6.07) is 39.2. The van der Waals surface area contributed by atoms with Crippen molar-refractivity contribution in [3.05, 3.63) is 126 Å². The SMILES string of the molecule is O=c1c2ccccc2c2cccc3nc(-c4ccc5c(c4)c4ccccc4n5-c4ccccc4)n1c32. The van der Waals surface area contributed by atoms with Crippen LogP contribution >= 0.6 is 0 Å². The smallest absolute Gasteiger partial charge is 0.264 e. The molecule has 0 amide bonds. The van der Waals surface area contributed by atoms with Crippen LogP contribution in [0, 0.1) is 0 Å². The first-order valence-corrected chi connectivity index (χ1v) is 12.0. The average Bonchev–Trinajstić information content (AvgIpc) is 3.49. The topological polar surface area (TPSA) is 39.3 Å². The van der Waals surface area contributed by atoms with Crippen molar-refractivity contribution in [3.8, 4) is 17.1 Å². The molecule has 0 N–H and O–H groups in total. The van der Waals surface area contributed by atoms with Gasteiger partial charge in [0.05, 0.1) is 22.1 Å². The van der Waals surface area contributed by atoms with Gasteiger partial charge in [-0.3, -0.25) is 9.20 Å². The highest BCUT2D eigenvalue weighted by Crippen LogP contribution is 2.36. The van der Waals surface area contributed by atoms with Crippen LogP contribution in [0.15, 0.2) is 120 Å². The minimum absolute atomic E-state index is 0.0337. The number of fused-ring (bicyclic) bond motifs is 5. The summed E-state index contributed by atoms with van der Waals surface area (Å²) >= 11 is 0. The molecule has 0 unspecified atom stereocenters. The molecule has 8 rings (SSSR count). The maximum Gasteiger partial charge on any atom is 0.264 e. The summed E-state index contributed by atoms with van der Waals surface area (Å²) in [6.45, 7) is 0. The second kappa shape index (κ2) is 7.03. The van der Waals surface area contributed by atoms with Gasteiger partial charge in [0.15, 0.2) is 0 Å². The Morgan fingerprint density at radius 3 is 2.11 bits per heavy atom. The molecule has 36 heavy (non-hydrogen) atoms. The van der Waals surface area contributed by atoms with Gasteiger partial charge in [0, 0.05) is 32.8 Å². The minimum atomic E-state index is -0.0337. The van der Waals surface area contributed by atoms with Gasteiger partial charge in [-0.05, 0) is 53.9 Å². The lowest BCUT2D eigenvalue weighted by Crippen LogP contribution is -2.14. The van der Waals surface area contributed by atoms with E-state index in [0.29, 0.717) is 11.2 Å². The Morgan fingerprint density at radius 1 is 0.556 bits per heavy atom. The zero-order valence-corrected chi connectivity index (χ0v) is 19.2. The number of imidazole rings is 1. The van der Waals surface area contributed by atoms with Gasteiger partial charge >= 0.3 is 0 Å². The second-order valence-electron chi connectivity index (χ2n) is 9.21. The molecule has 0 aliphatic carbocycles. The van der Waals surface area contributed by atoms with Crippen molar-refractivity contribution in [2.24, 2.45) is 0 Å². The van der Waals surface area contributed by atoms with Gasteiger partial charge in [0.2, 0.25) is 0 Å². The van der Waals surface area contributed by atoms with Crippen LogP contribution in [-0.4, -0.2) is 14.0 Å². The number of aromatic nitrogens is 3. The van der Waals surface area contributed by atoms with E-state index in [1.54, 1.807) is 4.40 Å². The third-order valence-electron chi connectivity index (χ3n) is 7.27. The highest BCUT2D eigenvalue weighted by Gasteiger charge is 2.19. The number of hydrogen-bond donors (Lipinski definition) is 0. The number of hydrogen-bond acceptors (Lipinski definition) is 2. The summed E-state index contributed by atoms with van der Waals surface area (Å²) in [6.07, 6.45) is 0. The molecule has 5 aromatic carbocycles. The van der Waals surface area contributed by atoms with Crippen molar-refractivity contribution in [1.82, 2.24) is 14.0 Å². The van der Waals surface area contributed by atoms with E-state index in [1.807, 2.05) is 42.5 Å². The van der Waals surface area contributed by atoms with Crippen LogP contribution < -0.4 is 5.56 Å². The second-order valence-corrected chi connectivity index (χ2v) is 9.21. The predicted octanol–water partition coefficient (Wildman–Crippen LogP) is 7.20. The standard InChI is InChI=1S/C32H19N3O/c36-32-25-13-5-4-11-22(25)24-14-8-15-27-30(24)35(32)31(33-27)20-17-18-29-26(19-20)23-12-6-7-16-28(23)34(29)21-9-2-1-3-10-21/h1-19H. The maximum absolute atomic E-state index is 13.7. The molecule has 0 radical (unpaired) electrons. The van der Waals surface area contributed by atoms with E-state index in [9.17, 15) is 4.79 Å². The Labute approximate surface area is 205 Å². The van der Waals surface area contributed by atoms with E-state index in [4.69, 9.17) is 4.98 Å². The van der Waals surface area contributed by atoms with Crippen LogP contribution in [0.2, 0.25) is 0 Å². The molecular weight excluding hydrogens is 442 g/mol. The molecule has 4 heteroatoms. The van der Waals surface area contributed by atoms with Crippen molar-refractivity contribution < 1.29 is 0 Å². The number of nitrogens with zero attached hydrogens (tertiary/aromatic N) is 3. The van der Waals surface area contributed by atoms with Crippen LogP contribution in [-0.2, 0) is 0 Å². The van der Waals surface area contributed by atoms with E-state index in [-0.39, 0.29) is 5.56 Å². The van der Waals surface area contributed by atoms with Gasteiger partial charge in [-0.15, -0.1) is 0 Å². The highest BCUT2D eigenvalue weighted by atomic mass is 16.1. The number of pyridine rings is 1. The molecule has 0 fully saturated rings. The normalized spacial score (nSPS) is 12.0. The summed E-state index contributed by atoms with van der Waals surface area (Å²) < 4.78 is 4.09. The zero-order valence-electron chi connectivity index (χ0n) is 19.2. The van der Waals surface area contributed by atoms with Crippen LogP contribution in [0.25, 0.3) is 66.1 Å². The minimum Gasteiger partial charge on any atom is -0.309 e. The Kier molecular flexibility index (Phi) is 3.78. The molecule has 0 aliphatic rings. The fourth-order valence-corrected chi connectivity index (χ4v) is 5.73. The summed E-state index contributed by atoms with van der Waals surface area (Å²) in [5.41, 5.74) is 5.99. The fourth-order valence-electron chi connectivity index (χ4n) is 5.73. The van der Waals surface area contributed by atoms with Crippen LogP contribution in [0.1, 0.15) is 0 Å². The van der Waals surface area contributed by atoms with Crippen molar-refractivity contribution in [2.75, 3.05) is 0 Å². The van der Waals surface area contributed by atoms with Gasteiger partial charge in [-0.2, -0.15) is 0 Å². The first kappa shape index (κ1) is 19.4. The lowest BCUT2D eigenvalue weighted by atomic mass is 10.1. The largest absolute Gasteiger partial charge is 0.309 e. The molecule has 3 heterocycles. The van der Waals surface area contributed by atoms with Crippen molar-refractivity contribution in [3.63, 3.8) is 0 Å². The molecule has 0 aliphatic heterocycles. The molecule has 0 atom stereocenters. The quantitative estimate of drug-likeness (QED) is 0.255. The Hall–Kier alpha value is -4.96. The average molecular weight is 462 g/mol. The molecule has 0 spiro atoms. The van der Waals surface area contributed by atoms with E-state index >= 15 is 0 Å². The zero-order chi connectivity index (χ0) is 23.8. The lowest BCUT2D eigenvalue weighted by Gasteiger charge is -2.08. The van der Waals surface area contributed by atoms with Gasteiger partial charge in [-0.1, -0.05) is 66.7 Å². The molecule has 8 aromatic rings. The molecule has 4 nitrogen and oxygen atoms in total. The summed E-state index contributed by atoms with van der Waals surface area (Å²) in [5, 5.41) is 5.02. The third kappa shape index (κ3) is 2.48. The molecule has 0 bridgehead atoms. The van der Waals surface area contributed by atoms with Gasteiger partial charge in [0.25, 0.3) is 5.56 Å².